The van der Waals surface area contributed by atoms with Gasteiger partial charge < -0.3 is 8.85 Å². The molecule has 0 radical (unpaired) electrons. The van der Waals surface area contributed by atoms with Gasteiger partial charge in [0.15, 0.2) is 0 Å². The summed E-state index contributed by atoms with van der Waals surface area (Å²) >= 11 is 7.08. The summed E-state index contributed by atoms with van der Waals surface area (Å²) in [5.41, 5.74) is -0.626. The van der Waals surface area contributed by atoms with E-state index >= 15 is 0 Å². The van der Waals surface area contributed by atoms with E-state index in [0.717, 1.165) is 0 Å². The monoisotopic (exact) mass is 406 g/mol. The van der Waals surface area contributed by atoms with Crippen LogP contribution in [0.5, 0.6) is 0 Å². The summed E-state index contributed by atoms with van der Waals surface area (Å²) in [6.45, 7) is 18.3. The van der Waals surface area contributed by atoms with E-state index in [0.29, 0.717) is 11.8 Å². The number of rotatable bonds is 4. The molecule has 0 N–H and O–H groups in total. The van der Waals surface area contributed by atoms with Gasteiger partial charge in [-0.2, -0.15) is 0 Å². The first-order valence-electron chi connectivity index (χ1n) is 8.89. The van der Waals surface area contributed by atoms with Crippen molar-refractivity contribution in [2.75, 3.05) is 28.2 Å². The third kappa shape index (κ3) is 7.74. The molecular formula is C18H39ClN4O2Si. The maximum absolute atomic E-state index is 7.08. The molecule has 0 rings (SSSR count). The zero-order valence-electron chi connectivity index (χ0n) is 19.0. The van der Waals surface area contributed by atoms with Gasteiger partial charge in [-0.25, -0.2) is 0 Å². The van der Waals surface area contributed by atoms with Crippen molar-refractivity contribution < 1.29 is 8.85 Å². The first kappa shape index (κ1) is 25.0. The summed E-state index contributed by atoms with van der Waals surface area (Å²) in [6.07, 6.45) is 0. The summed E-state index contributed by atoms with van der Waals surface area (Å²) in [5.74, 6) is 1.11. The van der Waals surface area contributed by atoms with Crippen molar-refractivity contribution in [1.29, 1.82) is 0 Å². The highest BCUT2D eigenvalue weighted by atomic mass is 35.6. The lowest BCUT2D eigenvalue weighted by Crippen LogP contribution is -2.52. The predicted octanol–water partition coefficient (Wildman–Crippen LogP) is 4.84. The molecule has 0 aromatic carbocycles. The molecular weight excluding hydrogens is 368 g/mol. The smallest absolute Gasteiger partial charge is 0.488 e. The molecule has 0 bridgehead atoms. The first-order valence-corrected chi connectivity index (χ1v) is 11.7. The zero-order valence-corrected chi connectivity index (χ0v) is 20.7. The third-order valence-electron chi connectivity index (χ3n) is 3.22. The summed E-state index contributed by atoms with van der Waals surface area (Å²) in [5, 5.41) is 12.1. The number of halogens is 1. The van der Waals surface area contributed by atoms with Crippen molar-refractivity contribution in [1.82, 2.24) is 10.0 Å². The highest BCUT2D eigenvalue weighted by Crippen LogP contribution is 2.43. The van der Waals surface area contributed by atoms with Crippen molar-refractivity contribution in [3.8, 4) is 0 Å². The molecule has 0 aliphatic carbocycles. The van der Waals surface area contributed by atoms with Crippen molar-refractivity contribution in [2.45, 2.75) is 67.4 Å². The summed E-state index contributed by atoms with van der Waals surface area (Å²) in [4.78, 5) is 0. The van der Waals surface area contributed by atoms with Gasteiger partial charge >= 0.3 is 7.87 Å². The van der Waals surface area contributed by atoms with E-state index < -0.39 is 12.9 Å². The zero-order chi connectivity index (χ0) is 21.1. The van der Waals surface area contributed by atoms with Gasteiger partial charge in [-0.1, -0.05) is 73.4 Å². The fraction of sp³-hybridized carbons (Fsp3) is 0.889. The van der Waals surface area contributed by atoms with E-state index in [-0.39, 0.29) is 10.8 Å². The highest BCUT2D eigenvalue weighted by molar-refractivity contribution is 7.15. The molecule has 0 saturated carbocycles. The number of hydrogen-bond acceptors (Lipinski definition) is 6. The van der Waals surface area contributed by atoms with Crippen molar-refractivity contribution in [2.24, 2.45) is 21.0 Å². The van der Waals surface area contributed by atoms with Gasteiger partial charge in [0.2, 0.25) is 11.8 Å². The molecule has 0 spiro atoms. The minimum absolute atomic E-state index is 0.313. The Labute approximate surface area is 166 Å². The van der Waals surface area contributed by atoms with Gasteiger partial charge in [0, 0.05) is 44.1 Å². The Morgan fingerprint density at radius 2 is 0.962 bits per heavy atom. The lowest BCUT2D eigenvalue weighted by Gasteiger charge is -2.40. The second-order valence-electron chi connectivity index (χ2n) is 10.00. The lowest BCUT2D eigenvalue weighted by molar-refractivity contribution is 0.280. The Bertz CT molecular complexity index is 489. The first-order chi connectivity index (χ1) is 11.3. The van der Waals surface area contributed by atoms with E-state index in [1.165, 1.54) is 0 Å². The van der Waals surface area contributed by atoms with Gasteiger partial charge in [-0.15, -0.1) is 10.2 Å². The second-order valence-corrected chi connectivity index (χ2v) is 14.5. The van der Waals surface area contributed by atoms with Gasteiger partial charge in [0.05, 0.1) is 0 Å². The second kappa shape index (κ2) is 8.38. The Morgan fingerprint density at radius 3 is 1.12 bits per heavy atom. The molecule has 0 unspecified atom stereocenters. The van der Waals surface area contributed by atoms with Gasteiger partial charge in [-0.05, 0) is 0 Å². The normalized spacial score (nSPS) is 15.0. The standard InChI is InChI=1S/C18H39ClN4O2Si/c1-16(2,3)14(20-22(10)11)24-26(19,18(7,8)9)25-15(17(4,5)6)21-23(12)13/h1-13H3/b20-14+,21-15+. The molecule has 0 aliphatic rings. The van der Waals surface area contributed by atoms with Gasteiger partial charge in [0.25, 0.3) is 0 Å². The van der Waals surface area contributed by atoms with Crippen LogP contribution >= 0.6 is 11.1 Å². The fourth-order valence-corrected chi connectivity index (χ4v) is 3.87. The summed E-state index contributed by atoms with van der Waals surface area (Å²) in [7, 11) is 4.17. The molecule has 0 aromatic heterocycles. The predicted molar refractivity (Wildman–Crippen MR) is 115 cm³/mol. The van der Waals surface area contributed by atoms with Crippen LogP contribution in [0.3, 0.4) is 0 Å². The molecule has 26 heavy (non-hydrogen) atoms. The molecule has 6 nitrogen and oxygen atoms in total. The third-order valence-corrected chi connectivity index (χ3v) is 8.08. The molecule has 154 valence electrons. The van der Waals surface area contributed by atoms with Crippen molar-refractivity contribution in [3.05, 3.63) is 0 Å². The molecule has 0 aromatic rings. The van der Waals surface area contributed by atoms with Crippen LogP contribution in [-0.2, 0) is 8.85 Å². The van der Waals surface area contributed by atoms with E-state index in [1.54, 1.807) is 10.0 Å². The Hall–Kier alpha value is -0.953. The molecule has 0 atom stereocenters. The van der Waals surface area contributed by atoms with Crippen LogP contribution in [0.2, 0.25) is 5.04 Å². The number of hydrazone groups is 2. The molecule has 0 amide bonds. The van der Waals surface area contributed by atoms with Gasteiger partial charge in [0.1, 0.15) is 0 Å². The molecule has 0 fully saturated rings. The summed E-state index contributed by atoms with van der Waals surface area (Å²) < 4.78 is 12.8. The molecule has 0 aliphatic heterocycles. The van der Waals surface area contributed by atoms with Crippen LogP contribution in [0.1, 0.15) is 62.3 Å². The van der Waals surface area contributed by atoms with Crippen LogP contribution in [0.15, 0.2) is 10.2 Å². The van der Waals surface area contributed by atoms with E-state index in [2.05, 4.69) is 10.2 Å². The molecule has 8 heteroatoms. The summed E-state index contributed by atoms with van der Waals surface area (Å²) in [6, 6.07) is 0. The van der Waals surface area contributed by atoms with Gasteiger partial charge in [-0.3, -0.25) is 10.0 Å². The molecule has 0 saturated heterocycles. The van der Waals surface area contributed by atoms with E-state index in [9.17, 15) is 0 Å². The van der Waals surface area contributed by atoms with Crippen LogP contribution in [-0.4, -0.2) is 57.9 Å². The fourth-order valence-electron chi connectivity index (χ4n) is 1.59. The largest absolute Gasteiger partial charge is 0.576 e. The van der Waals surface area contributed by atoms with Crippen LogP contribution in [0.4, 0.5) is 0 Å². The Balaban J connectivity index is 6.15. The van der Waals surface area contributed by atoms with Crippen LogP contribution < -0.4 is 0 Å². The maximum atomic E-state index is 7.08. The van der Waals surface area contributed by atoms with Crippen molar-refractivity contribution >= 4 is 30.7 Å². The lowest BCUT2D eigenvalue weighted by atomic mass is 9.97. The minimum atomic E-state index is -3.27. The Morgan fingerprint density at radius 1 is 0.692 bits per heavy atom. The highest BCUT2D eigenvalue weighted by Gasteiger charge is 2.56. The SMILES string of the molecule is CN(C)/N=C(/O[Si](Cl)(O/C(=N/N(C)C)C(C)(C)C)C(C)(C)C)C(C)(C)C. The topological polar surface area (TPSA) is 49.7 Å². The quantitative estimate of drug-likeness (QED) is 0.220. The maximum Gasteiger partial charge on any atom is 0.576 e. The Kier molecular flexibility index (Phi) is 8.07. The number of hydrogen-bond donors (Lipinski definition) is 0. The average molecular weight is 407 g/mol. The van der Waals surface area contributed by atoms with Crippen molar-refractivity contribution in [3.63, 3.8) is 0 Å². The number of nitrogens with zero attached hydrogens (tertiary/aromatic N) is 4. The molecule has 0 heterocycles. The van der Waals surface area contributed by atoms with E-state index in [1.807, 2.05) is 90.5 Å². The van der Waals surface area contributed by atoms with Crippen LogP contribution in [0.25, 0.3) is 0 Å². The minimum Gasteiger partial charge on any atom is -0.488 e. The van der Waals surface area contributed by atoms with E-state index in [4.69, 9.17) is 19.9 Å². The average Bonchev–Trinajstić information content (AvgIpc) is 2.32. The van der Waals surface area contributed by atoms with Crippen LogP contribution in [0, 0.1) is 10.8 Å².